The smallest absolute Gasteiger partial charge is 0.321 e. The second-order valence-electron chi connectivity index (χ2n) is 17.1. The molecule has 1 unspecified atom stereocenters. The first-order valence-electron chi connectivity index (χ1n) is 24.7. The van der Waals surface area contributed by atoms with Gasteiger partial charge in [0, 0.05) is 42.9 Å². The Morgan fingerprint density at radius 3 is 1.47 bits per heavy atom. The van der Waals surface area contributed by atoms with E-state index in [1.807, 2.05) is 4.72 Å². The summed E-state index contributed by atoms with van der Waals surface area (Å²) in [5.41, 5.74) is 0.324. The summed E-state index contributed by atoms with van der Waals surface area (Å²) in [7, 11) is -4.28. The van der Waals surface area contributed by atoms with E-state index in [1.54, 1.807) is 0 Å². The van der Waals surface area contributed by atoms with Gasteiger partial charge in [0.15, 0.2) is 0 Å². The highest BCUT2D eigenvalue weighted by Gasteiger charge is 2.26. The van der Waals surface area contributed by atoms with Gasteiger partial charge in [-0.05, 0) is 43.5 Å². The molecule has 0 heterocycles. The number of carboxylic acids is 2. The first-order valence-corrected chi connectivity index (χ1v) is 27.3. The van der Waals surface area contributed by atoms with Crippen LogP contribution in [0, 0.1) is 0 Å². The zero-order chi connectivity index (χ0) is 47.1. The van der Waals surface area contributed by atoms with E-state index in [4.69, 9.17) is 14.6 Å². The van der Waals surface area contributed by atoms with Crippen molar-refractivity contribution in [2.24, 2.45) is 0 Å². The maximum atomic E-state index is 12.8. The lowest BCUT2D eigenvalue weighted by Gasteiger charge is -2.18. The Morgan fingerprint density at radius 2 is 1.03 bits per heavy atom. The molecular weight excluding hydrogens is 857 g/mol. The van der Waals surface area contributed by atoms with Gasteiger partial charge in [-0.15, -0.1) is 0 Å². The van der Waals surface area contributed by atoms with Crippen LogP contribution < -0.4 is 10.0 Å². The Balaban J connectivity index is 2.52. The lowest BCUT2D eigenvalue weighted by molar-refractivity contribution is -0.157. The average Bonchev–Trinajstić information content (AvgIpc) is 3.26. The predicted molar refractivity (Wildman–Crippen MR) is 257 cm³/mol. The molecule has 368 valence electrons. The fourth-order valence-electron chi connectivity index (χ4n) is 7.27. The molecule has 4 N–H and O–H groups in total. The number of hydrogen-bond acceptors (Lipinski definition) is 10. The molecule has 0 fully saturated rings. The van der Waals surface area contributed by atoms with Crippen molar-refractivity contribution in [2.75, 3.05) is 23.4 Å². The molecule has 0 bridgehead atoms. The third kappa shape index (κ3) is 33.3. The van der Waals surface area contributed by atoms with Crippen LogP contribution in [0.15, 0.2) is 29.2 Å². The summed E-state index contributed by atoms with van der Waals surface area (Å²) < 4.78 is 38.8. The van der Waals surface area contributed by atoms with Crippen LogP contribution in [-0.4, -0.2) is 78.7 Å². The van der Waals surface area contributed by atoms with Crippen molar-refractivity contribution in [1.29, 1.82) is 0 Å². The maximum Gasteiger partial charge on any atom is 0.321 e. The normalized spacial score (nSPS) is 12.4. The highest BCUT2D eigenvalue weighted by molar-refractivity contribution is 7.99. The van der Waals surface area contributed by atoms with Gasteiger partial charge in [0.2, 0.25) is 15.9 Å². The second-order valence-corrected chi connectivity index (χ2v) is 20.0. The number of anilines is 1. The molecule has 1 aromatic rings. The molecule has 13 nitrogen and oxygen atoms in total. The van der Waals surface area contributed by atoms with Gasteiger partial charge in [0.1, 0.15) is 18.8 Å². The lowest BCUT2D eigenvalue weighted by Crippen LogP contribution is -2.41. The molecule has 1 amide bonds. The minimum absolute atomic E-state index is 0.0439. The molecule has 1 aromatic carbocycles. The Hall–Kier alpha value is -3.17. The van der Waals surface area contributed by atoms with Crippen molar-refractivity contribution in [3.8, 4) is 0 Å². The van der Waals surface area contributed by atoms with Crippen LogP contribution in [0.1, 0.15) is 213 Å². The van der Waals surface area contributed by atoms with Crippen LogP contribution in [-0.2, 0) is 43.5 Å². The average molecular weight is 941 g/mol. The quantitative estimate of drug-likeness (QED) is 0.0357. The van der Waals surface area contributed by atoms with Gasteiger partial charge in [-0.2, -0.15) is 16.5 Å². The molecule has 0 spiro atoms. The van der Waals surface area contributed by atoms with Gasteiger partial charge in [0.05, 0.1) is 4.90 Å². The van der Waals surface area contributed by atoms with Crippen molar-refractivity contribution in [2.45, 2.75) is 230 Å². The highest BCUT2D eigenvalue weighted by Crippen LogP contribution is 2.19. The molecule has 0 aliphatic rings. The zero-order valence-electron chi connectivity index (χ0n) is 39.4. The molecule has 0 aliphatic heterocycles. The fraction of sp³-hybridized carbons (Fsp3) is 0.776. The van der Waals surface area contributed by atoms with Gasteiger partial charge in [-0.25, -0.2) is 8.42 Å². The number of thioether (sulfide) groups is 1. The summed E-state index contributed by atoms with van der Waals surface area (Å²) in [4.78, 5) is 60.3. The Kier molecular flexibility index (Phi) is 35.9. The minimum atomic E-state index is -4.28. The SMILES string of the molecule is CCCCCCCCCCCCCCCC(=O)OCC(CSCCC(=O)Nc1ccc(S(=O)(=O)N[C@@H](CCC(=O)O)C(=O)O)cc1)OC(=O)CCCCCCCCCCCCCCC. The number of amides is 1. The van der Waals surface area contributed by atoms with E-state index in [9.17, 15) is 37.5 Å². The Morgan fingerprint density at radius 1 is 0.594 bits per heavy atom. The largest absolute Gasteiger partial charge is 0.481 e. The van der Waals surface area contributed by atoms with Crippen LogP contribution >= 0.6 is 11.8 Å². The number of sulfonamides is 1. The highest BCUT2D eigenvalue weighted by atomic mass is 32.2. The number of unbranched alkanes of at least 4 members (excludes halogenated alkanes) is 24. The maximum absolute atomic E-state index is 12.8. The van der Waals surface area contributed by atoms with Crippen LogP contribution in [0.2, 0.25) is 0 Å². The number of rotatable bonds is 44. The van der Waals surface area contributed by atoms with E-state index in [-0.39, 0.29) is 35.8 Å². The second kappa shape index (κ2) is 39.0. The van der Waals surface area contributed by atoms with Gasteiger partial charge in [-0.1, -0.05) is 168 Å². The molecule has 0 saturated heterocycles. The van der Waals surface area contributed by atoms with Crippen molar-refractivity contribution in [3.63, 3.8) is 0 Å². The van der Waals surface area contributed by atoms with E-state index in [2.05, 4.69) is 19.2 Å². The van der Waals surface area contributed by atoms with E-state index < -0.39 is 46.9 Å². The van der Waals surface area contributed by atoms with Crippen molar-refractivity contribution < 1.29 is 52.1 Å². The van der Waals surface area contributed by atoms with Gasteiger partial charge in [-0.3, -0.25) is 24.0 Å². The summed E-state index contributed by atoms with van der Waals surface area (Å²) in [6.07, 6.45) is 30.7. The summed E-state index contributed by atoms with van der Waals surface area (Å²) in [5.74, 6) is -2.98. The van der Waals surface area contributed by atoms with Crippen LogP contribution in [0.3, 0.4) is 0 Å². The summed E-state index contributed by atoms with van der Waals surface area (Å²) in [6, 6.07) is 3.53. The first kappa shape index (κ1) is 58.8. The molecule has 0 radical (unpaired) electrons. The summed E-state index contributed by atoms with van der Waals surface area (Å²) >= 11 is 1.40. The molecule has 0 aromatic heterocycles. The van der Waals surface area contributed by atoms with Crippen LogP contribution in [0.5, 0.6) is 0 Å². The number of nitrogens with one attached hydrogen (secondary N) is 2. The summed E-state index contributed by atoms with van der Waals surface area (Å²) in [6.45, 7) is 4.44. The van der Waals surface area contributed by atoms with E-state index in [0.29, 0.717) is 30.0 Å². The molecule has 0 aliphatic carbocycles. The fourth-order valence-corrected chi connectivity index (χ4v) is 9.42. The van der Waals surface area contributed by atoms with E-state index in [1.165, 1.54) is 164 Å². The van der Waals surface area contributed by atoms with Crippen molar-refractivity contribution >= 4 is 57.3 Å². The van der Waals surface area contributed by atoms with Crippen LogP contribution in [0.25, 0.3) is 0 Å². The molecule has 2 atom stereocenters. The molecular formula is C49H84N2O11S2. The lowest BCUT2D eigenvalue weighted by atomic mass is 10.0. The third-order valence-corrected chi connectivity index (χ3v) is 13.8. The third-order valence-electron chi connectivity index (χ3n) is 11.2. The number of carboxylic acid groups (broad SMARTS) is 2. The standard InChI is InChI=1S/C49H84N2O11S2/c1-3-5-7-9-11-13-15-17-19-21-23-25-27-29-47(55)61-39-42(62-48(56)30-28-26-24-22-20-18-16-14-12-10-8-6-4-2)40-63-38-37-45(52)50-41-31-33-43(34-32-41)64(59,60)51-44(49(57)58)35-36-46(53)54/h31-34,42,44,51H,3-30,35-40H2,1-2H3,(H,50,52)(H,53,54)(H,57,58)/t42?,44-/m0/s1. The zero-order valence-corrected chi connectivity index (χ0v) is 41.0. The van der Waals surface area contributed by atoms with Crippen molar-refractivity contribution in [1.82, 2.24) is 4.72 Å². The number of carbonyl (C=O) groups excluding carboxylic acids is 3. The molecule has 64 heavy (non-hydrogen) atoms. The van der Waals surface area contributed by atoms with Gasteiger partial charge < -0.3 is 25.0 Å². The number of carbonyl (C=O) groups is 5. The van der Waals surface area contributed by atoms with E-state index >= 15 is 0 Å². The Labute approximate surface area is 390 Å². The topological polar surface area (TPSA) is 202 Å². The van der Waals surface area contributed by atoms with Gasteiger partial charge >= 0.3 is 23.9 Å². The molecule has 1 rings (SSSR count). The number of aliphatic carboxylic acids is 2. The Bertz CT molecular complexity index is 1510. The number of ether oxygens (including phenoxy) is 2. The number of hydrogen-bond donors (Lipinski definition) is 4. The van der Waals surface area contributed by atoms with Gasteiger partial charge in [0.25, 0.3) is 0 Å². The molecule has 0 saturated carbocycles. The van der Waals surface area contributed by atoms with Crippen molar-refractivity contribution in [3.05, 3.63) is 24.3 Å². The minimum Gasteiger partial charge on any atom is -0.481 e. The summed E-state index contributed by atoms with van der Waals surface area (Å²) in [5, 5.41) is 20.9. The van der Waals surface area contributed by atoms with Crippen LogP contribution in [0.4, 0.5) is 5.69 Å². The van der Waals surface area contributed by atoms with E-state index in [0.717, 1.165) is 38.5 Å². The molecule has 15 heteroatoms. The number of esters is 2. The predicted octanol–water partition coefficient (Wildman–Crippen LogP) is 11.8. The number of benzene rings is 1. The first-order chi connectivity index (χ1) is 30.9. The monoisotopic (exact) mass is 941 g/mol.